The van der Waals surface area contributed by atoms with E-state index in [1.807, 2.05) is 0 Å². The molecular weight excluding hydrogens is 301 g/mol. The second-order valence-corrected chi connectivity index (χ2v) is 5.13. The summed E-state index contributed by atoms with van der Waals surface area (Å²) in [6.45, 7) is 0. The normalized spacial score (nSPS) is 11.8. The Kier molecular flexibility index (Phi) is 4.27. The van der Waals surface area contributed by atoms with Crippen LogP contribution in [0.4, 0.5) is 13.2 Å². The van der Waals surface area contributed by atoms with Crippen LogP contribution in [-0.4, -0.2) is 12.2 Å². The largest absolute Gasteiger partial charge is 0.417 e. The van der Waals surface area contributed by atoms with E-state index in [9.17, 15) is 13.2 Å². The van der Waals surface area contributed by atoms with Gasteiger partial charge in [-0.25, -0.2) is 0 Å². The van der Waals surface area contributed by atoms with Gasteiger partial charge in [-0.15, -0.1) is 16.4 Å². The Balaban J connectivity index is 2.35. The summed E-state index contributed by atoms with van der Waals surface area (Å²) in [6.07, 6.45) is -3.02. The lowest BCUT2D eigenvalue weighted by molar-refractivity contribution is -0.137. The first-order valence-electron chi connectivity index (χ1n) is 5.76. The first-order chi connectivity index (χ1) is 9.88. The van der Waals surface area contributed by atoms with Crippen LogP contribution in [0.25, 0.3) is 10.4 Å². The molecular formula is C13H11F3N4S. The van der Waals surface area contributed by atoms with Gasteiger partial charge in [0.15, 0.2) is 0 Å². The number of halogens is 3. The van der Waals surface area contributed by atoms with Gasteiger partial charge in [-0.2, -0.15) is 18.3 Å². The molecule has 0 saturated heterocycles. The molecule has 0 aliphatic carbocycles. The number of rotatable bonds is 3. The van der Waals surface area contributed by atoms with Gasteiger partial charge in [-0.1, -0.05) is 18.2 Å². The monoisotopic (exact) mass is 312 g/mol. The molecule has 1 heterocycles. The number of hydrogen-bond acceptors (Lipinski definition) is 3. The maximum atomic E-state index is 13.0. The number of hydrogen-bond donors (Lipinski definition) is 2. The highest BCUT2D eigenvalue weighted by atomic mass is 32.1. The number of benzene rings is 1. The molecule has 0 saturated carbocycles. The van der Waals surface area contributed by atoms with Crippen LogP contribution in [0.15, 0.2) is 46.6 Å². The third-order valence-electron chi connectivity index (χ3n) is 2.48. The molecule has 2 rings (SSSR count). The van der Waals surface area contributed by atoms with Gasteiger partial charge in [0.2, 0.25) is 5.96 Å². The zero-order chi connectivity index (χ0) is 15.5. The van der Waals surface area contributed by atoms with Gasteiger partial charge in [-0.3, -0.25) is 0 Å². The van der Waals surface area contributed by atoms with Crippen molar-refractivity contribution < 1.29 is 13.2 Å². The van der Waals surface area contributed by atoms with Gasteiger partial charge in [0.25, 0.3) is 0 Å². The standard InChI is InChI=1S/C13H11F3N4S/c14-13(15,16)10-4-2-1-3-9(10)11-6-5-8(21-11)7-19-20-12(17)18/h1-7H,(H4,17,18,20)/b19-7+. The zero-order valence-corrected chi connectivity index (χ0v) is 11.4. The lowest BCUT2D eigenvalue weighted by Gasteiger charge is -2.10. The fraction of sp³-hybridized carbons (Fsp3) is 0.0769. The Bertz CT molecular complexity index is 685. The van der Waals surface area contributed by atoms with E-state index in [0.717, 1.165) is 6.07 Å². The number of alkyl halides is 3. The number of guanidine groups is 1. The minimum atomic E-state index is -4.40. The van der Waals surface area contributed by atoms with Crippen molar-refractivity contribution in [3.05, 3.63) is 46.8 Å². The van der Waals surface area contributed by atoms with Crippen LogP contribution in [0.1, 0.15) is 10.4 Å². The molecule has 1 aromatic carbocycles. The minimum absolute atomic E-state index is 0.136. The van der Waals surface area contributed by atoms with Crippen LogP contribution in [-0.2, 0) is 6.18 Å². The number of nitrogens with zero attached hydrogens (tertiary/aromatic N) is 2. The molecule has 0 aliphatic rings. The van der Waals surface area contributed by atoms with Crippen molar-refractivity contribution in [2.45, 2.75) is 6.18 Å². The van der Waals surface area contributed by atoms with Crippen molar-refractivity contribution in [2.24, 2.45) is 21.7 Å². The maximum absolute atomic E-state index is 13.0. The SMILES string of the molecule is NC(N)=N/N=C/c1ccc(-c2ccccc2C(F)(F)F)s1. The van der Waals surface area contributed by atoms with Crippen LogP contribution in [0.3, 0.4) is 0 Å². The van der Waals surface area contributed by atoms with E-state index in [1.54, 1.807) is 18.2 Å². The van der Waals surface area contributed by atoms with Crippen LogP contribution < -0.4 is 11.5 Å². The van der Waals surface area contributed by atoms with E-state index in [0.29, 0.717) is 9.75 Å². The fourth-order valence-corrected chi connectivity index (χ4v) is 2.58. The topological polar surface area (TPSA) is 76.8 Å². The molecule has 8 heteroatoms. The van der Waals surface area contributed by atoms with Gasteiger partial charge >= 0.3 is 6.18 Å². The average Bonchev–Trinajstić information content (AvgIpc) is 2.86. The second-order valence-electron chi connectivity index (χ2n) is 4.01. The molecule has 0 amide bonds. The number of thiophene rings is 1. The Labute approximate surface area is 122 Å². The van der Waals surface area contributed by atoms with E-state index >= 15 is 0 Å². The molecule has 0 fully saturated rings. The lowest BCUT2D eigenvalue weighted by atomic mass is 10.1. The Morgan fingerprint density at radius 1 is 1.10 bits per heavy atom. The molecule has 1 aromatic heterocycles. The van der Waals surface area contributed by atoms with Crippen molar-refractivity contribution in [1.29, 1.82) is 0 Å². The van der Waals surface area contributed by atoms with Crippen LogP contribution in [0.5, 0.6) is 0 Å². The summed E-state index contributed by atoms with van der Waals surface area (Å²) in [4.78, 5) is 1.14. The van der Waals surface area contributed by atoms with Crippen LogP contribution in [0.2, 0.25) is 0 Å². The summed E-state index contributed by atoms with van der Waals surface area (Å²) in [5.74, 6) is -0.189. The lowest BCUT2D eigenvalue weighted by Crippen LogP contribution is -2.21. The van der Waals surface area contributed by atoms with Crippen molar-refractivity contribution in [2.75, 3.05) is 0 Å². The van der Waals surface area contributed by atoms with Gasteiger partial charge in [0.05, 0.1) is 11.8 Å². The van der Waals surface area contributed by atoms with E-state index in [2.05, 4.69) is 10.2 Å². The van der Waals surface area contributed by atoms with Gasteiger partial charge in [-0.05, 0) is 18.2 Å². The molecule has 0 bridgehead atoms. The van der Waals surface area contributed by atoms with Gasteiger partial charge in [0.1, 0.15) is 0 Å². The molecule has 2 aromatic rings. The Morgan fingerprint density at radius 2 is 1.81 bits per heavy atom. The van der Waals surface area contributed by atoms with Crippen molar-refractivity contribution >= 4 is 23.5 Å². The second kappa shape index (κ2) is 5.96. The first kappa shape index (κ1) is 15.0. The predicted molar refractivity (Wildman–Crippen MR) is 78.2 cm³/mol. The highest BCUT2D eigenvalue weighted by Gasteiger charge is 2.33. The highest BCUT2D eigenvalue weighted by molar-refractivity contribution is 7.17. The Hall–Kier alpha value is -2.35. The van der Waals surface area contributed by atoms with E-state index in [4.69, 9.17) is 11.5 Å². The van der Waals surface area contributed by atoms with Gasteiger partial charge in [0, 0.05) is 15.3 Å². The fourth-order valence-electron chi connectivity index (χ4n) is 1.66. The predicted octanol–water partition coefficient (Wildman–Crippen LogP) is 3.04. The third kappa shape index (κ3) is 3.82. The summed E-state index contributed by atoms with van der Waals surface area (Å²) >= 11 is 1.17. The van der Waals surface area contributed by atoms with Gasteiger partial charge < -0.3 is 11.5 Å². The molecule has 4 nitrogen and oxygen atoms in total. The van der Waals surface area contributed by atoms with Crippen molar-refractivity contribution in [3.8, 4) is 10.4 Å². The molecule has 4 N–H and O–H groups in total. The molecule has 0 radical (unpaired) electrons. The zero-order valence-electron chi connectivity index (χ0n) is 10.6. The molecule has 0 unspecified atom stereocenters. The van der Waals surface area contributed by atoms with Crippen molar-refractivity contribution in [1.82, 2.24) is 0 Å². The molecule has 0 aliphatic heterocycles. The smallest absolute Gasteiger partial charge is 0.369 e. The van der Waals surface area contributed by atoms with E-state index < -0.39 is 11.7 Å². The summed E-state index contributed by atoms with van der Waals surface area (Å²) in [7, 11) is 0. The number of nitrogens with two attached hydrogens (primary N) is 2. The summed E-state index contributed by atoms with van der Waals surface area (Å²) in [5, 5.41) is 7.05. The quantitative estimate of drug-likeness (QED) is 0.519. The van der Waals surface area contributed by atoms with Crippen molar-refractivity contribution in [3.63, 3.8) is 0 Å². The third-order valence-corrected chi connectivity index (χ3v) is 3.54. The molecule has 21 heavy (non-hydrogen) atoms. The molecule has 110 valence electrons. The molecule has 0 atom stereocenters. The van der Waals surface area contributed by atoms with E-state index in [1.165, 1.54) is 29.7 Å². The minimum Gasteiger partial charge on any atom is -0.369 e. The summed E-state index contributed by atoms with van der Waals surface area (Å²) < 4.78 is 38.9. The van der Waals surface area contributed by atoms with E-state index in [-0.39, 0.29) is 11.5 Å². The average molecular weight is 312 g/mol. The highest BCUT2D eigenvalue weighted by Crippen LogP contribution is 2.39. The first-order valence-corrected chi connectivity index (χ1v) is 6.58. The van der Waals surface area contributed by atoms with Crippen LogP contribution in [0, 0.1) is 0 Å². The maximum Gasteiger partial charge on any atom is 0.417 e. The summed E-state index contributed by atoms with van der Waals surface area (Å²) in [5.41, 5.74) is 9.69. The molecule has 0 spiro atoms. The Morgan fingerprint density at radius 3 is 2.48 bits per heavy atom. The summed E-state index contributed by atoms with van der Waals surface area (Å²) in [6, 6.07) is 8.68. The van der Waals surface area contributed by atoms with Crippen LogP contribution >= 0.6 is 11.3 Å².